The molecule has 0 N–H and O–H groups in total. The Bertz CT molecular complexity index is 1040. The van der Waals surface area contributed by atoms with Crippen LogP contribution in [0.25, 0.3) is 0 Å². The smallest absolute Gasteiger partial charge is 0.306 e. The molecule has 376 valence electrons. The van der Waals surface area contributed by atoms with E-state index in [0.717, 1.165) is 77.0 Å². The third-order valence-corrected chi connectivity index (χ3v) is 12.7. The molecule has 0 spiro atoms. The maximum absolute atomic E-state index is 12.8. The summed E-state index contributed by atoms with van der Waals surface area (Å²) in [5.74, 6) is -0.882. The van der Waals surface area contributed by atoms with Gasteiger partial charge in [-0.15, -0.1) is 0 Å². The third-order valence-electron chi connectivity index (χ3n) is 12.7. The van der Waals surface area contributed by atoms with Gasteiger partial charge >= 0.3 is 17.9 Å². The zero-order valence-electron chi connectivity index (χ0n) is 43.1. The number of unbranched alkanes of at least 4 members (excludes halogenated alkanes) is 37. The average Bonchev–Trinajstić information content (AvgIpc) is 3.29. The molecule has 0 aliphatic carbocycles. The van der Waals surface area contributed by atoms with Crippen molar-refractivity contribution in [2.45, 2.75) is 316 Å². The molecule has 0 amide bonds. The molecule has 0 aliphatic heterocycles. The lowest BCUT2D eigenvalue weighted by atomic mass is 10.0. The van der Waals surface area contributed by atoms with Gasteiger partial charge in [0.05, 0.1) is 0 Å². The molecule has 0 aromatic rings. The van der Waals surface area contributed by atoms with Gasteiger partial charge < -0.3 is 14.2 Å². The number of hydrogen-bond donors (Lipinski definition) is 0. The number of ether oxygens (including phenoxy) is 3. The molecule has 0 rings (SSSR count). The minimum absolute atomic E-state index is 0.0762. The maximum atomic E-state index is 12.8. The fraction of sp³-hybridized carbons (Fsp3) is 0.879. The number of esters is 3. The van der Waals surface area contributed by atoms with Crippen molar-refractivity contribution in [3.8, 4) is 0 Å². The van der Waals surface area contributed by atoms with E-state index in [9.17, 15) is 14.4 Å². The zero-order chi connectivity index (χ0) is 46.5. The molecule has 0 aromatic heterocycles. The van der Waals surface area contributed by atoms with Crippen LogP contribution in [0.3, 0.4) is 0 Å². The van der Waals surface area contributed by atoms with Gasteiger partial charge in [-0.25, -0.2) is 0 Å². The van der Waals surface area contributed by atoms with Gasteiger partial charge in [-0.1, -0.05) is 244 Å². The molecular formula is C58H108O6. The Kier molecular flexibility index (Phi) is 51.7. The Morgan fingerprint density at radius 1 is 0.297 bits per heavy atom. The number of hydrogen-bond acceptors (Lipinski definition) is 6. The Hall–Kier alpha value is -2.11. The highest BCUT2D eigenvalue weighted by molar-refractivity contribution is 5.71. The number of carbonyl (C=O) groups is 3. The van der Waals surface area contributed by atoms with Crippen LogP contribution in [0.1, 0.15) is 310 Å². The minimum atomic E-state index is -0.776. The van der Waals surface area contributed by atoms with Crippen molar-refractivity contribution >= 4 is 17.9 Å². The monoisotopic (exact) mass is 901 g/mol. The van der Waals surface area contributed by atoms with E-state index in [0.29, 0.717) is 19.3 Å². The molecule has 64 heavy (non-hydrogen) atoms. The van der Waals surface area contributed by atoms with Gasteiger partial charge in [0.2, 0.25) is 0 Å². The predicted molar refractivity (Wildman–Crippen MR) is 275 cm³/mol. The van der Waals surface area contributed by atoms with Gasteiger partial charge in [-0.3, -0.25) is 14.4 Å². The van der Waals surface area contributed by atoms with E-state index in [-0.39, 0.29) is 31.1 Å². The van der Waals surface area contributed by atoms with Gasteiger partial charge in [0.15, 0.2) is 6.10 Å². The van der Waals surface area contributed by atoms with E-state index in [1.165, 1.54) is 193 Å². The van der Waals surface area contributed by atoms with Crippen molar-refractivity contribution in [1.29, 1.82) is 0 Å². The highest BCUT2D eigenvalue weighted by Gasteiger charge is 2.19. The van der Waals surface area contributed by atoms with E-state index in [4.69, 9.17) is 14.2 Å². The van der Waals surface area contributed by atoms with Crippen molar-refractivity contribution in [3.63, 3.8) is 0 Å². The van der Waals surface area contributed by atoms with Gasteiger partial charge in [0, 0.05) is 19.3 Å². The zero-order valence-corrected chi connectivity index (χ0v) is 43.1. The predicted octanol–water partition coefficient (Wildman–Crippen LogP) is 18.7. The molecule has 1 unspecified atom stereocenters. The molecule has 6 nitrogen and oxygen atoms in total. The third kappa shape index (κ3) is 50.9. The number of allylic oxidation sites excluding steroid dienone is 4. The lowest BCUT2D eigenvalue weighted by Crippen LogP contribution is -2.30. The van der Waals surface area contributed by atoms with Crippen LogP contribution < -0.4 is 0 Å². The SMILES string of the molecule is CCCCCCCC/C=C\CCCCCC(=O)OCC(COC(=O)CCCCCCC/C=C\CCCCCCCCCCC)OC(=O)CCCCCCCCCCCCCCCCC. The van der Waals surface area contributed by atoms with Gasteiger partial charge in [0.25, 0.3) is 0 Å². The van der Waals surface area contributed by atoms with Crippen LogP contribution in [-0.2, 0) is 28.6 Å². The van der Waals surface area contributed by atoms with Gasteiger partial charge in [-0.2, -0.15) is 0 Å². The van der Waals surface area contributed by atoms with Crippen LogP contribution in [0.15, 0.2) is 24.3 Å². The fourth-order valence-electron chi connectivity index (χ4n) is 8.37. The van der Waals surface area contributed by atoms with Crippen LogP contribution in [0.2, 0.25) is 0 Å². The van der Waals surface area contributed by atoms with Gasteiger partial charge in [0.1, 0.15) is 13.2 Å². The first-order valence-electron chi connectivity index (χ1n) is 28.3. The first kappa shape index (κ1) is 61.9. The summed E-state index contributed by atoms with van der Waals surface area (Å²) in [4.78, 5) is 38.1. The second-order valence-corrected chi connectivity index (χ2v) is 19.2. The average molecular weight is 901 g/mol. The summed E-state index contributed by atoms with van der Waals surface area (Å²) in [7, 11) is 0. The molecule has 0 fully saturated rings. The Balaban J connectivity index is 4.34. The summed E-state index contributed by atoms with van der Waals surface area (Å²) in [5, 5.41) is 0. The molecule has 0 aliphatic rings. The summed E-state index contributed by atoms with van der Waals surface area (Å²) in [6.45, 7) is 6.65. The van der Waals surface area contributed by atoms with Crippen molar-refractivity contribution in [2.75, 3.05) is 13.2 Å². The molecule has 0 saturated carbocycles. The van der Waals surface area contributed by atoms with Crippen LogP contribution in [0.4, 0.5) is 0 Å². The summed E-state index contributed by atoms with van der Waals surface area (Å²) >= 11 is 0. The second kappa shape index (κ2) is 53.5. The molecule has 6 heteroatoms. The quantitative estimate of drug-likeness (QED) is 0.0262. The molecule has 1 atom stereocenters. The molecule has 0 aromatic carbocycles. The largest absolute Gasteiger partial charge is 0.462 e. The molecule has 0 heterocycles. The topological polar surface area (TPSA) is 78.9 Å². The second-order valence-electron chi connectivity index (χ2n) is 19.2. The first-order valence-corrected chi connectivity index (χ1v) is 28.3. The summed E-state index contributed by atoms with van der Waals surface area (Å²) < 4.78 is 16.8. The molecule has 0 saturated heterocycles. The normalized spacial score (nSPS) is 12.1. The summed E-state index contributed by atoms with van der Waals surface area (Å²) in [5.41, 5.74) is 0. The minimum Gasteiger partial charge on any atom is -0.462 e. The van der Waals surface area contributed by atoms with E-state index in [1.807, 2.05) is 0 Å². The van der Waals surface area contributed by atoms with Crippen molar-refractivity contribution in [1.82, 2.24) is 0 Å². The lowest BCUT2D eigenvalue weighted by Gasteiger charge is -2.18. The van der Waals surface area contributed by atoms with Crippen LogP contribution in [0.5, 0.6) is 0 Å². The van der Waals surface area contributed by atoms with E-state index >= 15 is 0 Å². The number of carbonyl (C=O) groups excluding carboxylic acids is 3. The molecular weight excluding hydrogens is 793 g/mol. The Labute approximate surface area is 398 Å². The van der Waals surface area contributed by atoms with Crippen LogP contribution in [0, 0.1) is 0 Å². The fourth-order valence-corrected chi connectivity index (χ4v) is 8.37. The van der Waals surface area contributed by atoms with Crippen molar-refractivity contribution < 1.29 is 28.6 Å². The molecule has 0 bridgehead atoms. The maximum Gasteiger partial charge on any atom is 0.306 e. The lowest BCUT2D eigenvalue weighted by molar-refractivity contribution is -0.167. The first-order chi connectivity index (χ1) is 31.5. The summed E-state index contributed by atoms with van der Waals surface area (Å²) in [6.07, 6.45) is 61.7. The number of rotatable bonds is 52. The van der Waals surface area contributed by atoms with Crippen molar-refractivity contribution in [2.24, 2.45) is 0 Å². The summed E-state index contributed by atoms with van der Waals surface area (Å²) in [6, 6.07) is 0. The Morgan fingerprint density at radius 2 is 0.516 bits per heavy atom. The van der Waals surface area contributed by atoms with Crippen LogP contribution in [-0.4, -0.2) is 37.2 Å². The van der Waals surface area contributed by atoms with Crippen molar-refractivity contribution in [3.05, 3.63) is 24.3 Å². The highest BCUT2D eigenvalue weighted by Crippen LogP contribution is 2.16. The van der Waals surface area contributed by atoms with E-state index in [1.54, 1.807) is 0 Å². The van der Waals surface area contributed by atoms with E-state index < -0.39 is 6.10 Å². The molecule has 0 radical (unpaired) electrons. The van der Waals surface area contributed by atoms with E-state index in [2.05, 4.69) is 45.1 Å². The Morgan fingerprint density at radius 3 is 0.797 bits per heavy atom. The van der Waals surface area contributed by atoms with Gasteiger partial charge in [-0.05, 0) is 70.6 Å². The standard InChI is InChI=1S/C58H108O6/c1-4-7-10-13-16-19-22-25-27-28-29-31-33-36-39-42-45-48-51-57(60)63-54-55(53-62-56(59)50-47-44-41-38-35-32-24-21-18-15-12-9-6-3)64-58(61)52-49-46-43-40-37-34-30-26-23-20-17-14-11-8-5-2/h29,31-32,35,55H,4-28,30,33-34,36-54H2,1-3H3/b31-29-,35-32-. The van der Waals surface area contributed by atoms with Crippen LogP contribution >= 0.6 is 0 Å². The highest BCUT2D eigenvalue weighted by atomic mass is 16.6.